The van der Waals surface area contributed by atoms with Crippen LogP contribution in [0.4, 0.5) is 5.13 Å². The molecule has 0 radical (unpaired) electrons. The van der Waals surface area contributed by atoms with Gasteiger partial charge in [0.05, 0.1) is 0 Å². The summed E-state index contributed by atoms with van der Waals surface area (Å²) in [6.07, 6.45) is 4.17. The Morgan fingerprint density at radius 3 is 2.86 bits per heavy atom. The van der Waals surface area contributed by atoms with E-state index in [1.54, 1.807) is 18.3 Å². The summed E-state index contributed by atoms with van der Waals surface area (Å²) in [6.45, 7) is 4.18. The molecule has 0 bridgehead atoms. The largest absolute Gasteiger partial charge is 0.298 e. The monoisotopic (exact) mass is 314 g/mol. The molecule has 0 saturated heterocycles. The number of hydrogen-bond donors (Lipinski definition) is 1. The van der Waals surface area contributed by atoms with Crippen LogP contribution in [0.2, 0.25) is 0 Å². The molecule has 0 aliphatic heterocycles. The molecule has 0 unspecified atom stereocenters. The predicted octanol–water partition coefficient (Wildman–Crippen LogP) is 4.04. The number of hydrogen-bond acceptors (Lipinski definition) is 4. The minimum Gasteiger partial charge on any atom is -0.298 e. The number of carbonyl (C=O) groups is 2. The van der Waals surface area contributed by atoms with Gasteiger partial charge in [0.25, 0.3) is 5.91 Å². The summed E-state index contributed by atoms with van der Waals surface area (Å²) in [7, 11) is 0. The molecule has 4 nitrogen and oxygen atoms in total. The lowest BCUT2D eigenvalue weighted by atomic mass is 9.89. The van der Waals surface area contributed by atoms with Gasteiger partial charge in [0.1, 0.15) is 0 Å². The molecule has 1 aromatic heterocycles. The number of thiazole rings is 1. The molecule has 0 spiro atoms. The second-order valence-corrected chi connectivity index (χ2v) is 6.89. The zero-order valence-electron chi connectivity index (χ0n) is 12.7. The standard InChI is InChI=1S/C17H18N2O2S/c1-10(2)15-9-18-17(22-15)19-16(21)12-7-6-11-4-3-5-14(20)13(11)8-12/h6-10H,3-5H2,1-2H3,(H,18,19,21). The van der Waals surface area contributed by atoms with Crippen molar-refractivity contribution in [3.8, 4) is 0 Å². The molecule has 0 atom stereocenters. The second-order valence-electron chi connectivity index (χ2n) is 5.83. The minimum atomic E-state index is -0.217. The summed E-state index contributed by atoms with van der Waals surface area (Å²) < 4.78 is 0. The number of nitrogens with zero attached hydrogens (tertiary/aromatic N) is 1. The Morgan fingerprint density at radius 2 is 2.14 bits per heavy atom. The van der Waals surface area contributed by atoms with E-state index in [2.05, 4.69) is 24.1 Å². The number of nitrogens with one attached hydrogen (secondary N) is 1. The van der Waals surface area contributed by atoms with Gasteiger partial charge in [0.2, 0.25) is 0 Å². The SMILES string of the molecule is CC(C)c1cnc(NC(=O)c2ccc3c(c2)C(=O)CCC3)s1. The van der Waals surface area contributed by atoms with Crippen LogP contribution in [0.1, 0.15) is 63.8 Å². The first-order valence-corrected chi connectivity index (χ1v) is 8.29. The molecule has 114 valence electrons. The highest BCUT2D eigenvalue weighted by Gasteiger charge is 2.19. The number of aromatic nitrogens is 1. The van der Waals surface area contributed by atoms with Crippen LogP contribution in [-0.4, -0.2) is 16.7 Å². The van der Waals surface area contributed by atoms with E-state index in [1.807, 2.05) is 6.07 Å². The number of ketones is 1. The Balaban J connectivity index is 1.80. The Bertz CT molecular complexity index is 734. The molecule has 5 heteroatoms. The zero-order chi connectivity index (χ0) is 15.7. The van der Waals surface area contributed by atoms with E-state index in [9.17, 15) is 9.59 Å². The van der Waals surface area contributed by atoms with Crippen molar-refractivity contribution in [1.29, 1.82) is 0 Å². The van der Waals surface area contributed by atoms with Crippen LogP contribution in [0.3, 0.4) is 0 Å². The summed E-state index contributed by atoms with van der Waals surface area (Å²) in [5.74, 6) is 0.308. The molecule has 1 aliphatic carbocycles. The Hall–Kier alpha value is -2.01. The lowest BCUT2D eigenvalue weighted by Crippen LogP contribution is -2.15. The fourth-order valence-electron chi connectivity index (χ4n) is 2.55. The van der Waals surface area contributed by atoms with Gasteiger partial charge in [-0.1, -0.05) is 19.9 Å². The van der Waals surface area contributed by atoms with E-state index < -0.39 is 0 Å². The average molecular weight is 314 g/mol. The predicted molar refractivity (Wildman–Crippen MR) is 87.9 cm³/mol. The number of carbonyl (C=O) groups excluding carboxylic acids is 2. The highest BCUT2D eigenvalue weighted by Crippen LogP contribution is 2.26. The maximum atomic E-state index is 12.3. The van der Waals surface area contributed by atoms with E-state index in [0.717, 1.165) is 23.3 Å². The van der Waals surface area contributed by atoms with Crippen molar-refractivity contribution in [3.63, 3.8) is 0 Å². The van der Waals surface area contributed by atoms with Crippen molar-refractivity contribution >= 4 is 28.2 Å². The molecule has 22 heavy (non-hydrogen) atoms. The van der Waals surface area contributed by atoms with Crippen molar-refractivity contribution in [2.45, 2.75) is 39.0 Å². The van der Waals surface area contributed by atoms with Gasteiger partial charge < -0.3 is 0 Å². The molecule has 0 fully saturated rings. The van der Waals surface area contributed by atoms with Crippen molar-refractivity contribution in [1.82, 2.24) is 4.98 Å². The molecule has 1 aliphatic rings. The number of aryl methyl sites for hydroxylation is 1. The normalized spacial score (nSPS) is 14.0. The Kier molecular flexibility index (Phi) is 4.07. The summed E-state index contributed by atoms with van der Waals surface area (Å²) >= 11 is 1.48. The molecule has 0 saturated carbocycles. The maximum absolute atomic E-state index is 12.3. The van der Waals surface area contributed by atoms with Crippen LogP contribution >= 0.6 is 11.3 Å². The van der Waals surface area contributed by atoms with E-state index in [1.165, 1.54) is 11.3 Å². The lowest BCUT2D eigenvalue weighted by Gasteiger charge is -2.15. The zero-order valence-corrected chi connectivity index (χ0v) is 13.5. The maximum Gasteiger partial charge on any atom is 0.257 e. The van der Waals surface area contributed by atoms with Crippen LogP contribution < -0.4 is 5.32 Å². The van der Waals surface area contributed by atoms with Crippen LogP contribution in [-0.2, 0) is 6.42 Å². The smallest absolute Gasteiger partial charge is 0.257 e. The number of anilines is 1. The summed E-state index contributed by atoms with van der Waals surface area (Å²) in [6, 6.07) is 5.38. The van der Waals surface area contributed by atoms with E-state index in [4.69, 9.17) is 0 Å². The first-order valence-electron chi connectivity index (χ1n) is 7.48. The highest BCUT2D eigenvalue weighted by atomic mass is 32.1. The Morgan fingerprint density at radius 1 is 1.32 bits per heavy atom. The lowest BCUT2D eigenvalue weighted by molar-refractivity contribution is 0.0972. The van der Waals surface area contributed by atoms with E-state index >= 15 is 0 Å². The van der Waals surface area contributed by atoms with Gasteiger partial charge in [-0.25, -0.2) is 4.98 Å². The van der Waals surface area contributed by atoms with E-state index in [0.29, 0.717) is 28.6 Å². The van der Waals surface area contributed by atoms with Gasteiger partial charge in [-0.2, -0.15) is 0 Å². The van der Waals surface area contributed by atoms with Crippen molar-refractivity contribution in [2.24, 2.45) is 0 Å². The summed E-state index contributed by atoms with van der Waals surface area (Å²) in [4.78, 5) is 29.6. The fourth-order valence-corrected chi connectivity index (χ4v) is 3.36. The molecular formula is C17H18N2O2S. The number of benzene rings is 1. The Labute approximate surface area is 133 Å². The van der Waals surface area contributed by atoms with Crippen molar-refractivity contribution < 1.29 is 9.59 Å². The van der Waals surface area contributed by atoms with Gasteiger partial charge in [-0.05, 0) is 36.5 Å². The van der Waals surface area contributed by atoms with Crippen molar-refractivity contribution in [3.05, 3.63) is 46.0 Å². The molecule has 1 aromatic carbocycles. The van der Waals surface area contributed by atoms with Crippen LogP contribution in [0.15, 0.2) is 24.4 Å². The van der Waals surface area contributed by atoms with Crippen LogP contribution in [0.5, 0.6) is 0 Å². The molecule has 1 N–H and O–H groups in total. The topological polar surface area (TPSA) is 59.1 Å². The average Bonchev–Trinajstić information content (AvgIpc) is 2.96. The number of Topliss-reactive ketones (excluding diaryl/α,β-unsaturated/α-hetero) is 1. The third-order valence-corrected chi connectivity index (χ3v) is 5.05. The molecule has 2 aromatic rings. The molecule has 3 rings (SSSR count). The third-order valence-electron chi connectivity index (χ3n) is 3.84. The number of rotatable bonds is 3. The molecular weight excluding hydrogens is 296 g/mol. The minimum absolute atomic E-state index is 0.132. The van der Waals surface area contributed by atoms with Crippen LogP contribution in [0.25, 0.3) is 0 Å². The summed E-state index contributed by atoms with van der Waals surface area (Å²) in [5, 5.41) is 3.41. The third kappa shape index (κ3) is 2.95. The first-order chi connectivity index (χ1) is 10.5. The second kappa shape index (κ2) is 6.01. The first kappa shape index (κ1) is 14.9. The van der Waals surface area contributed by atoms with Gasteiger partial charge in [-0.15, -0.1) is 11.3 Å². The fraction of sp³-hybridized carbons (Fsp3) is 0.353. The van der Waals surface area contributed by atoms with Gasteiger partial charge >= 0.3 is 0 Å². The summed E-state index contributed by atoms with van der Waals surface area (Å²) in [5.41, 5.74) is 2.25. The van der Waals surface area contributed by atoms with Crippen molar-refractivity contribution in [2.75, 3.05) is 5.32 Å². The number of fused-ring (bicyclic) bond motifs is 1. The molecule has 1 amide bonds. The van der Waals surface area contributed by atoms with Crippen LogP contribution in [0, 0.1) is 0 Å². The van der Waals surface area contributed by atoms with Gasteiger partial charge in [0.15, 0.2) is 10.9 Å². The quantitative estimate of drug-likeness (QED) is 0.930. The molecule has 1 heterocycles. The number of amides is 1. The van der Waals surface area contributed by atoms with Gasteiger partial charge in [-0.3, -0.25) is 14.9 Å². The highest BCUT2D eigenvalue weighted by molar-refractivity contribution is 7.15. The van der Waals surface area contributed by atoms with Gasteiger partial charge in [0, 0.05) is 28.6 Å². The van der Waals surface area contributed by atoms with E-state index in [-0.39, 0.29) is 11.7 Å².